The Morgan fingerprint density at radius 1 is 1.38 bits per heavy atom. The third kappa shape index (κ3) is 2.16. The number of anilines is 1. The fourth-order valence-electron chi connectivity index (χ4n) is 0.711. The zero-order valence-corrected chi connectivity index (χ0v) is 7.87. The minimum Gasteiger partial charge on any atom is -0.378 e. The summed E-state index contributed by atoms with van der Waals surface area (Å²) < 4.78 is 66.2. The van der Waals surface area contributed by atoms with Crippen LogP contribution >= 0.6 is 15.9 Å². The maximum absolute atomic E-state index is 7.80. The lowest BCUT2D eigenvalue weighted by molar-refractivity contribution is 0.122. The van der Waals surface area contributed by atoms with Gasteiger partial charge in [-0.2, -0.15) is 0 Å². The molecule has 1 saturated heterocycles. The van der Waals surface area contributed by atoms with E-state index in [0.29, 0.717) is 4.47 Å². The first-order valence-corrected chi connectivity index (χ1v) is 4.10. The van der Waals surface area contributed by atoms with Gasteiger partial charge in [-0.05, 0) is 15.9 Å². The molecule has 1 aliphatic rings. The van der Waals surface area contributed by atoms with E-state index < -0.39 is 32.1 Å². The zero-order valence-electron chi connectivity index (χ0n) is 14.3. The van der Waals surface area contributed by atoms with Crippen molar-refractivity contribution in [3.8, 4) is 0 Å². The van der Waals surface area contributed by atoms with Crippen molar-refractivity contribution in [2.24, 2.45) is 0 Å². The summed E-state index contributed by atoms with van der Waals surface area (Å²) in [5.41, 5.74) is 0. The first kappa shape index (κ1) is 3.47. The average molecular weight is 252 g/mol. The van der Waals surface area contributed by atoms with Gasteiger partial charge in [0, 0.05) is 25.4 Å². The van der Waals surface area contributed by atoms with Crippen molar-refractivity contribution in [1.29, 1.82) is 0 Å². The number of hydrogen-bond acceptors (Lipinski definition) is 4. The van der Waals surface area contributed by atoms with E-state index in [1.807, 2.05) is 0 Å². The molecule has 0 N–H and O–H groups in total. The van der Waals surface area contributed by atoms with E-state index in [2.05, 4.69) is 30.6 Å². The maximum atomic E-state index is 7.80. The molecule has 2 rings (SSSR count). The Kier molecular flexibility index (Phi) is 1.07. The van der Waals surface area contributed by atoms with E-state index in [9.17, 15) is 0 Å². The average Bonchev–Trinajstić information content (AvgIpc) is 2.28. The van der Waals surface area contributed by atoms with E-state index in [1.54, 1.807) is 0 Å². The van der Waals surface area contributed by atoms with Crippen molar-refractivity contribution < 1.29 is 15.7 Å². The Balaban J connectivity index is 2.64. The summed E-state index contributed by atoms with van der Waals surface area (Å²) in [6.45, 7) is -12.3. The molecule has 1 aromatic rings. The molecular formula is C8H10BrN3O. The summed E-state index contributed by atoms with van der Waals surface area (Å²) in [7, 11) is 0. The van der Waals surface area contributed by atoms with E-state index in [4.69, 9.17) is 11.0 Å². The second kappa shape index (κ2) is 4.02. The summed E-state index contributed by atoms with van der Waals surface area (Å²) in [6.07, 6.45) is 2.43. The summed E-state index contributed by atoms with van der Waals surface area (Å²) in [5.74, 6) is -0.496. The Bertz CT molecular complexity index is 525. The lowest BCUT2D eigenvalue weighted by Crippen LogP contribution is -2.37. The number of ether oxygens (including phenoxy) is 1. The minimum atomic E-state index is -3.11. The molecule has 1 fully saturated rings. The lowest BCUT2D eigenvalue weighted by Gasteiger charge is -2.26. The number of nitrogens with zero attached hydrogens (tertiary/aromatic N) is 3. The van der Waals surface area contributed by atoms with Gasteiger partial charge in [0.1, 0.15) is 0 Å². The molecule has 1 aromatic heterocycles. The molecule has 0 radical (unpaired) electrons. The molecule has 13 heavy (non-hydrogen) atoms. The van der Waals surface area contributed by atoms with Gasteiger partial charge in [-0.15, -0.1) is 0 Å². The SMILES string of the molecule is [2H]C1([2H])OC([2H])([2H])C([2H])([2H])N(c2ncc(Br)cn2)C1([2H])[2H]. The molecule has 0 amide bonds. The van der Waals surface area contributed by atoms with Crippen molar-refractivity contribution in [1.82, 2.24) is 9.97 Å². The molecule has 70 valence electrons. The van der Waals surface area contributed by atoms with Gasteiger partial charge in [-0.25, -0.2) is 9.97 Å². The molecule has 2 heterocycles. The highest BCUT2D eigenvalue weighted by atomic mass is 79.9. The molecule has 0 spiro atoms. The standard InChI is InChI=1S/C8H10BrN3O/c9-7-5-10-8(11-6-7)12-1-3-13-4-2-12/h5-6H,1-4H2/i1D2,2D2,3D2,4D2. The van der Waals surface area contributed by atoms with E-state index >= 15 is 0 Å². The zero-order chi connectivity index (χ0) is 16.3. The molecule has 4 nitrogen and oxygen atoms in total. The Hall–Kier alpha value is -0.680. The Morgan fingerprint density at radius 3 is 2.62 bits per heavy atom. The third-order valence-electron chi connectivity index (χ3n) is 1.22. The number of hydrogen-bond donors (Lipinski definition) is 0. The van der Waals surface area contributed by atoms with Gasteiger partial charge in [0.05, 0.1) is 28.6 Å². The quantitative estimate of drug-likeness (QED) is 0.749. The number of aromatic nitrogens is 2. The largest absolute Gasteiger partial charge is 0.378 e. The molecule has 0 bridgehead atoms. The van der Waals surface area contributed by atoms with Crippen molar-refractivity contribution in [3.63, 3.8) is 0 Å². The second-order valence-corrected chi connectivity index (χ2v) is 2.98. The lowest BCUT2D eigenvalue weighted by atomic mass is 10.4. The highest BCUT2D eigenvalue weighted by molar-refractivity contribution is 9.10. The number of morpholine rings is 1. The molecule has 0 saturated carbocycles. The van der Waals surface area contributed by atoms with Gasteiger partial charge in [-0.3, -0.25) is 0 Å². The fraction of sp³-hybridized carbons (Fsp3) is 0.500. The highest BCUT2D eigenvalue weighted by Crippen LogP contribution is 2.11. The van der Waals surface area contributed by atoms with Crippen LogP contribution in [0.3, 0.4) is 0 Å². The predicted molar refractivity (Wildman–Crippen MR) is 52.8 cm³/mol. The van der Waals surface area contributed by atoms with E-state index in [-0.39, 0.29) is 4.90 Å². The monoisotopic (exact) mass is 251 g/mol. The predicted octanol–water partition coefficient (Wildman–Crippen LogP) is 1.08. The van der Waals surface area contributed by atoms with Crippen molar-refractivity contribution in [3.05, 3.63) is 16.9 Å². The molecule has 0 aromatic carbocycles. The van der Waals surface area contributed by atoms with Gasteiger partial charge in [0.25, 0.3) is 0 Å². The van der Waals surface area contributed by atoms with Crippen LogP contribution in [0.25, 0.3) is 0 Å². The third-order valence-corrected chi connectivity index (χ3v) is 1.63. The number of rotatable bonds is 1. The Morgan fingerprint density at radius 2 is 2.00 bits per heavy atom. The highest BCUT2D eigenvalue weighted by Gasteiger charge is 2.12. The second-order valence-electron chi connectivity index (χ2n) is 2.07. The van der Waals surface area contributed by atoms with Crippen molar-refractivity contribution >= 4 is 21.9 Å². The van der Waals surface area contributed by atoms with Crippen LogP contribution < -0.4 is 4.90 Å². The van der Waals surface area contributed by atoms with E-state index in [1.165, 1.54) is 12.4 Å². The van der Waals surface area contributed by atoms with Crippen LogP contribution in [-0.2, 0) is 4.74 Å². The van der Waals surface area contributed by atoms with Crippen LogP contribution in [-0.4, -0.2) is 36.1 Å². The molecule has 0 aliphatic carbocycles. The van der Waals surface area contributed by atoms with Crippen LogP contribution in [0.1, 0.15) is 11.0 Å². The molecule has 0 atom stereocenters. The van der Waals surface area contributed by atoms with Crippen LogP contribution in [0, 0.1) is 0 Å². The molecule has 1 aliphatic heterocycles. The topological polar surface area (TPSA) is 38.2 Å². The van der Waals surface area contributed by atoms with Crippen LogP contribution in [0.4, 0.5) is 5.95 Å². The van der Waals surface area contributed by atoms with Gasteiger partial charge < -0.3 is 9.64 Å². The summed E-state index contributed by atoms with van der Waals surface area (Å²) in [5, 5.41) is 0. The van der Waals surface area contributed by atoms with Crippen molar-refractivity contribution in [2.75, 3.05) is 31.0 Å². The van der Waals surface area contributed by atoms with E-state index in [0.717, 1.165) is 0 Å². The van der Waals surface area contributed by atoms with Gasteiger partial charge in [0.15, 0.2) is 0 Å². The van der Waals surface area contributed by atoms with Gasteiger partial charge in [-0.1, -0.05) is 0 Å². The fourth-order valence-corrected chi connectivity index (χ4v) is 0.916. The summed E-state index contributed by atoms with van der Waals surface area (Å²) >= 11 is 3.07. The van der Waals surface area contributed by atoms with Gasteiger partial charge >= 0.3 is 0 Å². The first-order chi connectivity index (χ1) is 9.33. The summed E-state index contributed by atoms with van der Waals surface area (Å²) in [6, 6.07) is 0. The maximum Gasteiger partial charge on any atom is 0.225 e. The minimum absolute atomic E-state index is 0.218. The van der Waals surface area contributed by atoms with Gasteiger partial charge in [0.2, 0.25) is 5.95 Å². The Labute approximate surface area is 96.3 Å². The molecular weight excluding hydrogens is 234 g/mol. The summed E-state index contributed by atoms with van der Waals surface area (Å²) in [4.78, 5) is 7.66. The van der Waals surface area contributed by atoms with Crippen LogP contribution in [0.5, 0.6) is 0 Å². The van der Waals surface area contributed by atoms with Crippen molar-refractivity contribution in [2.45, 2.75) is 0 Å². The molecule has 5 heteroatoms. The number of halogens is 1. The first-order valence-electron chi connectivity index (χ1n) is 7.31. The molecule has 0 unspecified atom stereocenters. The van der Waals surface area contributed by atoms with Crippen LogP contribution in [0.15, 0.2) is 16.9 Å². The smallest absolute Gasteiger partial charge is 0.225 e. The normalized spacial score (nSPS) is 42.1. The van der Waals surface area contributed by atoms with Crippen LogP contribution in [0.2, 0.25) is 0 Å².